The smallest absolute Gasteiger partial charge is 0.343 e. The van der Waals surface area contributed by atoms with Crippen LogP contribution in [0.1, 0.15) is 42.3 Å². The van der Waals surface area contributed by atoms with Crippen molar-refractivity contribution in [3.05, 3.63) is 118 Å². The van der Waals surface area contributed by atoms with Crippen LogP contribution in [0.4, 0.5) is 0 Å². The number of ether oxygens (including phenoxy) is 2. The Balaban J connectivity index is 2.06. The van der Waals surface area contributed by atoms with Gasteiger partial charge in [-0.05, 0) is 68.8 Å². The molecule has 0 fully saturated rings. The lowest BCUT2D eigenvalue weighted by atomic mass is 10.1. The van der Waals surface area contributed by atoms with Gasteiger partial charge >= 0.3 is 11.9 Å². The van der Waals surface area contributed by atoms with Crippen LogP contribution in [0.2, 0.25) is 5.02 Å². The third kappa shape index (κ3) is 7.96. The van der Waals surface area contributed by atoms with Crippen LogP contribution >= 0.6 is 11.6 Å². The Morgan fingerprint density at radius 3 is 1.94 bits per heavy atom. The maximum Gasteiger partial charge on any atom is 0.343 e. The van der Waals surface area contributed by atoms with Crippen molar-refractivity contribution in [2.24, 2.45) is 0 Å². The molecule has 184 valence electrons. The quantitative estimate of drug-likeness (QED) is 0.241. The highest BCUT2D eigenvalue weighted by Gasteiger charge is 2.28. The molecule has 0 heterocycles. The summed E-state index contributed by atoms with van der Waals surface area (Å²) in [6, 6.07) is 23.7. The van der Waals surface area contributed by atoms with Gasteiger partial charge in [0.15, 0.2) is 5.76 Å². The van der Waals surface area contributed by atoms with Gasteiger partial charge in [-0.15, -0.1) is 0 Å². The van der Waals surface area contributed by atoms with E-state index >= 15 is 0 Å². The molecule has 0 atom stereocenters. The normalized spacial score (nSPS) is 12.0. The molecule has 0 radical (unpaired) electrons. The number of hydrogen-bond donors (Lipinski definition) is 1. The Kier molecular flexibility index (Phi) is 8.81. The van der Waals surface area contributed by atoms with Gasteiger partial charge in [0.2, 0.25) is 5.76 Å². The van der Waals surface area contributed by atoms with E-state index in [2.05, 4.69) is 5.32 Å². The molecule has 0 unspecified atom stereocenters. The highest BCUT2D eigenvalue weighted by Crippen LogP contribution is 2.26. The van der Waals surface area contributed by atoms with Crippen LogP contribution in [0.25, 0.3) is 11.8 Å². The zero-order chi connectivity index (χ0) is 26.1. The molecular formula is C29H26ClNO5. The Morgan fingerprint density at radius 1 is 0.778 bits per heavy atom. The lowest BCUT2D eigenvalue weighted by Gasteiger charge is -2.22. The van der Waals surface area contributed by atoms with E-state index in [0.29, 0.717) is 10.6 Å². The molecule has 3 aromatic carbocycles. The first-order valence-electron chi connectivity index (χ1n) is 11.2. The standard InChI is InChI=1S/C29H26ClNO5/c1-29(2,3)31-27(33)26(35-24(32)19-14-20-10-6-4-7-11-20)25(21-15-17-23(30)18-16-21)36-28(34)22-12-8-5-9-13-22/h4-19H,1-3H3,(H,31,33)/b19-14-,26-25-. The van der Waals surface area contributed by atoms with Crippen LogP contribution in [-0.2, 0) is 19.1 Å². The first kappa shape index (κ1) is 26.4. The number of carbonyl (C=O) groups is 3. The number of nitrogens with one attached hydrogen (secondary N) is 1. The Labute approximate surface area is 215 Å². The SMILES string of the molecule is CC(C)(C)NC(=O)/C(OC(=O)/C=C\c1ccccc1)=C(/OC(=O)c1ccccc1)c1ccc(Cl)cc1. The number of benzene rings is 3. The van der Waals surface area contributed by atoms with E-state index in [1.807, 2.05) is 30.3 Å². The molecular weight excluding hydrogens is 478 g/mol. The van der Waals surface area contributed by atoms with Crippen molar-refractivity contribution in [3.8, 4) is 0 Å². The summed E-state index contributed by atoms with van der Waals surface area (Å²) in [5.41, 5.74) is 0.688. The van der Waals surface area contributed by atoms with Crippen molar-refractivity contribution in [2.75, 3.05) is 0 Å². The van der Waals surface area contributed by atoms with E-state index < -0.39 is 29.1 Å². The maximum atomic E-state index is 13.3. The predicted octanol–water partition coefficient (Wildman–Crippen LogP) is 6.04. The summed E-state index contributed by atoms with van der Waals surface area (Å²) in [6.45, 7) is 5.33. The summed E-state index contributed by atoms with van der Waals surface area (Å²) in [5.74, 6) is -2.95. The molecule has 0 aliphatic rings. The largest absolute Gasteiger partial charge is 0.418 e. The number of amides is 1. The minimum Gasteiger partial charge on any atom is -0.418 e. The average Bonchev–Trinajstić information content (AvgIpc) is 2.85. The number of esters is 2. The van der Waals surface area contributed by atoms with Crippen LogP contribution in [0.3, 0.4) is 0 Å². The van der Waals surface area contributed by atoms with Crippen LogP contribution in [0, 0.1) is 0 Å². The van der Waals surface area contributed by atoms with Gasteiger partial charge in [0, 0.05) is 22.2 Å². The van der Waals surface area contributed by atoms with E-state index in [-0.39, 0.29) is 11.3 Å². The second-order valence-corrected chi connectivity index (χ2v) is 9.23. The van der Waals surface area contributed by atoms with Gasteiger partial charge in [0.1, 0.15) is 0 Å². The molecule has 0 aliphatic carbocycles. The van der Waals surface area contributed by atoms with Crippen LogP contribution in [0.5, 0.6) is 0 Å². The predicted molar refractivity (Wildman–Crippen MR) is 140 cm³/mol. The zero-order valence-corrected chi connectivity index (χ0v) is 20.9. The number of halogens is 1. The van der Waals surface area contributed by atoms with Crippen molar-refractivity contribution in [3.63, 3.8) is 0 Å². The van der Waals surface area contributed by atoms with Crippen LogP contribution in [0.15, 0.2) is 96.8 Å². The molecule has 0 saturated carbocycles. The summed E-state index contributed by atoms with van der Waals surface area (Å²) in [7, 11) is 0. The van der Waals surface area contributed by atoms with Gasteiger partial charge in [0.25, 0.3) is 5.91 Å². The molecule has 0 spiro atoms. The van der Waals surface area contributed by atoms with E-state index in [1.54, 1.807) is 81.4 Å². The van der Waals surface area contributed by atoms with Crippen molar-refractivity contribution in [2.45, 2.75) is 26.3 Å². The van der Waals surface area contributed by atoms with Gasteiger partial charge in [0.05, 0.1) is 5.56 Å². The van der Waals surface area contributed by atoms with Gasteiger partial charge in [-0.1, -0.05) is 60.1 Å². The number of carbonyl (C=O) groups excluding carboxylic acids is 3. The monoisotopic (exact) mass is 503 g/mol. The van der Waals surface area contributed by atoms with Gasteiger partial charge in [-0.2, -0.15) is 0 Å². The summed E-state index contributed by atoms with van der Waals surface area (Å²) in [5, 5.41) is 3.20. The third-order valence-corrected chi connectivity index (χ3v) is 4.88. The molecule has 1 N–H and O–H groups in total. The third-order valence-electron chi connectivity index (χ3n) is 4.63. The summed E-state index contributed by atoms with van der Waals surface area (Å²) >= 11 is 6.03. The van der Waals surface area contributed by atoms with Crippen LogP contribution in [-0.4, -0.2) is 23.4 Å². The fourth-order valence-corrected chi connectivity index (χ4v) is 3.15. The Bertz CT molecular complexity index is 1270. The first-order valence-corrected chi connectivity index (χ1v) is 11.5. The Hall–Kier alpha value is -4.16. The minimum atomic E-state index is -0.819. The highest BCUT2D eigenvalue weighted by atomic mass is 35.5. The van der Waals surface area contributed by atoms with E-state index in [9.17, 15) is 14.4 Å². The van der Waals surface area contributed by atoms with E-state index in [0.717, 1.165) is 5.56 Å². The van der Waals surface area contributed by atoms with Gasteiger partial charge < -0.3 is 14.8 Å². The van der Waals surface area contributed by atoms with E-state index in [4.69, 9.17) is 21.1 Å². The summed E-state index contributed by atoms with van der Waals surface area (Å²) < 4.78 is 11.2. The summed E-state index contributed by atoms with van der Waals surface area (Å²) in [6.07, 6.45) is 2.75. The molecule has 1 amide bonds. The first-order chi connectivity index (χ1) is 17.1. The molecule has 7 heteroatoms. The molecule has 36 heavy (non-hydrogen) atoms. The molecule has 3 rings (SSSR count). The maximum absolute atomic E-state index is 13.3. The molecule has 3 aromatic rings. The topological polar surface area (TPSA) is 81.7 Å². The van der Waals surface area contributed by atoms with Crippen molar-refractivity contribution in [1.82, 2.24) is 5.32 Å². The second-order valence-electron chi connectivity index (χ2n) is 8.79. The number of rotatable bonds is 7. The van der Waals surface area contributed by atoms with Crippen LogP contribution < -0.4 is 5.32 Å². The lowest BCUT2D eigenvalue weighted by Crippen LogP contribution is -2.42. The van der Waals surface area contributed by atoms with Crippen molar-refractivity contribution < 1.29 is 23.9 Å². The molecule has 6 nitrogen and oxygen atoms in total. The second kappa shape index (κ2) is 12.0. The zero-order valence-electron chi connectivity index (χ0n) is 20.2. The molecule has 0 saturated heterocycles. The van der Waals surface area contributed by atoms with Gasteiger partial charge in [-0.3, -0.25) is 4.79 Å². The fourth-order valence-electron chi connectivity index (χ4n) is 3.02. The average molecular weight is 504 g/mol. The van der Waals surface area contributed by atoms with E-state index in [1.165, 1.54) is 6.08 Å². The highest BCUT2D eigenvalue weighted by molar-refractivity contribution is 6.30. The molecule has 0 aromatic heterocycles. The molecule has 0 bridgehead atoms. The summed E-state index contributed by atoms with van der Waals surface area (Å²) in [4.78, 5) is 39.0. The number of hydrogen-bond acceptors (Lipinski definition) is 5. The Morgan fingerprint density at radius 2 is 1.36 bits per heavy atom. The fraction of sp³-hybridized carbons (Fsp3) is 0.138. The molecule has 0 aliphatic heterocycles. The minimum absolute atomic E-state index is 0.219. The lowest BCUT2D eigenvalue weighted by molar-refractivity contribution is -0.138. The van der Waals surface area contributed by atoms with Crippen molar-refractivity contribution in [1.29, 1.82) is 0 Å². The van der Waals surface area contributed by atoms with Gasteiger partial charge in [-0.25, -0.2) is 9.59 Å². The van der Waals surface area contributed by atoms with Crippen molar-refractivity contribution >= 4 is 41.3 Å².